The van der Waals surface area contributed by atoms with Crippen molar-refractivity contribution in [2.24, 2.45) is 5.10 Å². The van der Waals surface area contributed by atoms with Crippen LogP contribution in [0, 0.1) is 6.92 Å². The van der Waals surface area contributed by atoms with Crippen LogP contribution in [-0.4, -0.2) is 22.5 Å². The third-order valence-electron chi connectivity index (χ3n) is 3.15. The van der Waals surface area contributed by atoms with E-state index in [2.05, 4.69) is 20.8 Å². The van der Waals surface area contributed by atoms with Crippen LogP contribution < -0.4 is 16.5 Å². The van der Waals surface area contributed by atoms with Crippen molar-refractivity contribution in [3.8, 4) is 0 Å². The predicted octanol–water partition coefficient (Wildman–Crippen LogP) is 2.75. The molecule has 0 radical (unpaired) electrons. The van der Waals surface area contributed by atoms with Crippen molar-refractivity contribution in [1.29, 1.82) is 0 Å². The molecule has 1 aromatic carbocycles. The number of hydrogen-bond donors (Lipinski definition) is 3. The summed E-state index contributed by atoms with van der Waals surface area (Å²) in [6, 6.07) is 5.28. The lowest BCUT2D eigenvalue weighted by Gasteiger charge is -2.07. The Balaban J connectivity index is 1.82. The SMILES string of the molecule is C/C(CC(=O)Nc1ccc(C)c(Cl)c1)=N\NC(=O)Cc1cnc(N)s1. The van der Waals surface area contributed by atoms with Crippen LogP contribution in [0.2, 0.25) is 5.02 Å². The molecule has 1 aromatic heterocycles. The van der Waals surface area contributed by atoms with Gasteiger partial charge in [0.05, 0.1) is 12.8 Å². The number of benzene rings is 1. The van der Waals surface area contributed by atoms with Gasteiger partial charge in [-0.05, 0) is 31.5 Å². The number of nitrogens with zero attached hydrogens (tertiary/aromatic N) is 2. The van der Waals surface area contributed by atoms with Crippen LogP contribution in [0.25, 0.3) is 0 Å². The van der Waals surface area contributed by atoms with Crippen molar-refractivity contribution < 1.29 is 9.59 Å². The van der Waals surface area contributed by atoms with Crippen LogP contribution >= 0.6 is 22.9 Å². The van der Waals surface area contributed by atoms with E-state index in [0.29, 0.717) is 21.6 Å². The third-order valence-corrected chi connectivity index (χ3v) is 4.38. The molecule has 2 aromatic rings. The Kier molecular flexibility index (Phi) is 6.49. The molecule has 9 heteroatoms. The Morgan fingerprint density at radius 3 is 2.76 bits per heavy atom. The van der Waals surface area contributed by atoms with Crippen LogP contribution in [0.15, 0.2) is 29.5 Å². The smallest absolute Gasteiger partial charge is 0.245 e. The van der Waals surface area contributed by atoms with Gasteiger partial charge in [0, 0.05) is 27.5 Å². The van der Waals surface area contributed by atoms with Crippen LogP contribution in [0.4, 0.5) is 10.8 Å². The quantitative estimate of drug-likeness (QED) is 0.529. The van der Waals surface area contributed by atoms with Crippen LogP contribution in [0.3, 0.4) is 0 Å². The third kappa shape index (κ3) is 6.17. The molecule has 25 heavy (non-hydrogen) atoms. The number of hydrazone groups is 1. The van der Waals surface area contributed by atoms with Gasteiger partial charge >= 0.3 is 0 Å². The molecule has 0 spiro atoms. The van der Waals surface area contributed by atoms with Gasteiger partial charge in [-0.3, -0.25) is 9.59 Å². The summed E-state index contributed by atoms with van der Waals surface area (Å²) in [4.78, 5) is 28.4. The van der Waals surface area contributed by atoms with Crippen molar-refractivity contribution in [3.05, 3.63) is 39.9 Å². The van der Waals surface area contributed by atoms with Crippen molar-refractivity contribution in [2.45, 2.75) is 26.7 Å². The topological polar surface area (TPSA) is 109 Å². The minimum atomic E-state index is -0.297. The second kappa shape index (κ2) is 8.59. The maximum Gasteiger partial charge on any atom is 0.245 e. The summed E-state index contributed by atoms with van der Waals surface area (Å²) in [7, 11) is 0. The molecule has 0 aliphatic carbocycles. The highest BCUT2D eigenvalue weighted by molar-refractivity contribution is 7.15. The number of rotatable bonds is 6. The molecule has 0 aliphatic heterocycles. The van der Waals surface area contributed by atoms with Crippen molar-refractivity contribution >= 4 is 51.3 Å². The minimum Gasteiger partial charge on any atom is -0.375 e. The number of carbonyl (C=O) groups excluding carboxylic acids is 2. The summed E-state index contributed by atoms with van der Waals surface area (Å²) in [5, 5.41) is 7.65. The molecular formula is C16H18ClN5O2S. The number of carbonyl (C=O) groups is 2. The number of anilines is 2. The zero-order chi connectivity index (χ0) is 18.4. The summed E-state index contributed by atoms with van der Waals surface area (Å²) < 4.78 is 0. The molecule has 132 valence electrons. The second-order valence-corrected chi connectivity index (χ2v) is 6.97. The van der Waals surface area contributed by atoms with Gasteiger partial charge in [-0.25, -0.2) is 10.4 Å². The predicted molar refractivity (Wildman–Crippen MR) is 101 cm³/mol. The van der Waals surface area contributed by atoms with Crippen LogP contribution in [-0.2, 0) is 16.0 Å². The van der Waals surface area contributed by atoms with E-state index in [0.717, 1.165) is 10.4 Å². The molecule has 0 saturated heterocycles. The Morgan fingerprint density at radius 1 is 1.36 bits per heavy atom. The van der Waals surface area contributed by atoms with Crippen LogP contribution in [0.1, 0.15) is 23.8 Å². The van der Waals surface area contributed by atoms with Gasteiger partial charge in [-0.2, -0.15) is 5.10 Å². The Morgan fingerprint density at radius 2 is 2.12 bits per heavy atom. The molecule has 2 rings (SSSR count). The molecule has 0 saturated carbocycles. The van der Waals surface area contributed by atoms with E-state index in [-0.39, 0.29) is 24.7 Å². The normalized spacial score (nSPS) is 11.2. The van der Waals surface area contributed by atoms with E-state index in [4.69, 9.17) is 17.3 Å². The molecular weight excluding hydrogens is 362 g/mol. The Bertz CT molecular complexity index is 819. The van der Waals surface area contributed by atoms with Crippen molar-refractivity contribution in [1.82, 2.24) is 10.4 Å². The number of nitrogens with one attached hydrogen (secondary N) is 2. The summed E-state index contributed by atoms with van der Waals surface area (Å²) in [5.74, 6) is -0.542. The van der Waals surface area contributed by atoms with Gasteiger partial charge < -0.3 is 11.1 Å². The lowest BCUT2D eigenvalue weighted by molar-refractivity contribution is -0.120. The number of amides is 2. The molecule has 2 amide bonds. The number of halogens is 1. The molecule has 0 atom stereocenters. The zero-order valence-corrected chi connectivity index (χ0v) is 15.4. The van der Waals surface area contributed by atoms with Gasteiger partial charge in [0.25, 0.3) is 0 Å². The highest BCUT2D eigenvalue weighted by atomic mass is 35.5. The summed E-state index contributed by atoms with van der Waals surface area (Å²) >= 11 is 7.27. The maximum atomic E-state index is 12.0. The molecule has 7 nitrogen and oxygen atoms in total. The number of nitrogen functional groups attached to an aromatic ring is 1. The van der Waals surface area contributed by atoms with Crippen molar-refractivity contribution in [2.75, 3.05) is 11.1 Å². The average Bonchev–Trinajstić information content (AvgIpc) is 2.94. The molecule has 0 aliphatic rings. The fourth-order valence-electron chi connectivity index (χ4n) is 1.91. The van der Waals surface area contributed by atoms with Crippen molar-refractivity contribution in [3.63, 3.8) is 0 Å². The van der Waals surface area contributed by atoms with Gasteiger partial charge in [-0.1, -0.05) is 17.7 Å². The standard InChI is InChI=1S/C16H18ClN5O2S/c1-9-3-4-11(6-13(9)17)20-14(23)5-10(2)21-22-15(24)7-12-8-19-16(18)25-12/h3-4,6,8H,5,7H2,1-2H3,(H2,18,19)(H,20,23)(H,22,24)/b21-10+. The first-order valence-electron chi connectivity index (χ1n) is 7.41. The van der Waals surface area contributed by atoms with Gasteiger partial charge in [0.2, 0.25) is 11.8 Å². The van der Waals surface area contributed by atoms with E-state index in [1.807, 2.05) is 13.0 Å². The van der Waals surface area contributed by atoms with Gasteiger partial charge in [0.1, 0.15) is 0 Å². The van der Waals surface area contributed by atoms with Gasteiger partial charge in [0.15, 0.2) is 5.13 Å². The summed E-state index contributed by atoms with van der Waals surface area (Å²) in [6.45, 7) is 3.54. The molecule has 4 N–H and O–H groups in total. The first-order valence-corrected chi connectivity index (χ1v) is 8.61. The zero-order valence-electron chi connectivity index (χ0n) is 13.8. The van der Waals surface area contributed by atoms with E-state index < -0.39 is 0 Å². The average molecular weight is 380 g/mol. The number of aromatic nitrogens is 1. The maximum absolute atomic E-state index is 12.0. The largest absolute Gasteiger partial charge is 0.375 e. The first-order chi connectivity index (χ1) is 11.8. The van der Waals surface area contributed by atoms with E-state index in [1.165, 1.54) is 11.3 Å². The number of nitrogens with two attached hydrogens (primary N) is 1. The highest BCUT2D eigenvalue weighted by Gasteiger charge is 2.08. The van der Waals surface area contributed by atoms with Gasteiger partial charge in [-0.15, -0.1) is 11.3 Å². The molecule has 0 bridgehead atoms. The Labute approximate surface area is 154 Å². The first kappa shape index (κ1) is 18.9. The fourth-order valence-corrected chi connectivity index (χ4v) is 2.77. The second-order valence-electron chi connectivity index (χ2n) is 5.41. The van der Waals surface area contributed by atoms with E-state index >= 15 is 0 Å². The van der Waals surface area contributed by atoms with Crippen LogP contribution in [0.5, 0.6) is 0 Å². The molecule has 0 fully saturated rings. The fraction of sp³-hybridized carbons (Fsp3) is 0.250. The molecule has 0 unspecified atom stereocenters. The Hall–Kier alpha value is -2.45. The minimum absolute atomic E-state index is 0.0548. The number of aryl methyl sites for hydroxylation is 1. The lowest BCUT2D eigenvalue weighted by atomic mass is 10.2. The number of thiazole rings is 1. The molecule has 1 heterocycles. The lowest BCUT2D eigenvalue weighted by Crippen LogP contribution is -2.22. The summed E-state index contributed by atoms with van der Waals surface area (Å²) in [5.41, 5.74) is 9.94. The summed E-state index contributed by atoms with van der Waals surface area (Å²) in [6.07, 6.45) is 1.75. The number of hydrogen-bond acceptors (Lipinski definition) is 6. The van der Waals surface area contributed by atoms with E-state index in [9.17, 15) is 9.59 Å². The van der Waals surface area contributed by atoms with E-state index in [1.54, 1.807) is 25.3 Å². The highest BCUT2D eigenvalue weighted by Crippen LogP contribution is 2.20. The monoisotopic (exact) mass is 379 g/mol.